The number of aromatic nitrogens is 1. The van der Waals surface area contributed by atoms with Crippen molar-refractivity contribution in [2.45, 2.75) is 31.6 Å². The molecular weight excluding hydrogens is 369 g/mol. The fourth-order valence-corrected chi connectivity index (χ4v) is 5.02. The van der Waals surface area contributed by atoms with Crippen LogP contribution in [0.2, 0.25) is 0 Å². The lowest BCUT2D eigenvalue weighted by molar-refractivity contribution is 0.101. The molecule has 2 heterocycles. The molecule has 3 rings (SSSR count). The number of anilines is 1. The second-order valence-corrected chi connectivity index (χ2v) is 9.00. The number of rotatable bonds is 4. The van der Waals surface area contributed by atoms with Gasteiger partial charge in [0.25, 0.3) is 5.91 Å². The minimum atomic E-state index is -3.66. The maximum atomic E-state index is 13.3. The van der Waals surface area contributed by atoms with Crippen LogP contribution in [0.15, 0.2) is 35.2 Å². The third-order valence-electron chi connectivity index (χ3n) is 5.16. The normalized spacial score (nSPS) is 16.4. The summed E-state index contributed by atoms with van der Waals surface area (Å²) in [6, 6.07) is 6.96. The lowest BCUT2D eigenvalue weighted by Gasteiger charge is -2.29. The zero-order chi connectivity index (χ0) is 19.8. The van der Waals surface area contributed by atoms with Crippen LogP contribution in [0.25, 0.3) is 0 Å². The van der Waals surface area contributed by atoms with E-state index in [2.05, 4.69) is 12.2 Å². The summed E-state index contributed by atoms with van der Waals surface area (Å²) in [5.74, 6) is -0.431. The molecule has 0 radical (unpaired) electrons. The SMILES string of the molecule is Cc1c(S(=O)(=O)N2CCC(C)CC2)cc(C(=O)Nc2cccc(F)c2)n1C. The molecule has 1 fully saturated rings. The van der Waals surface area contributed by atoms with Gasteiger partial charge in [-0.3, -0.25) is 4.79 Å². The predicted molar refractivity (Wildman–Crippen MR) is 102 cm³/mol. The summed E-state index contributed by atoms with van der Waals surface area (Å²) in [5.41, 5.74) is 1.02. The minimum absolute atomic E-state index is 0.143. The molecular formula is C19H24FN3O3S. The highest BCUT2D eigenvalue weighted by atomic mass is 32.2. The molecule has 2 aromatic rings. The van der Waals surface area contributed by atoms with Crippen molar-refractivity contribution in [1.82, 2.24) is 8.87 Å². The summed E-state index contributed by atoms with van der Waals surface area (Å²) < 4.78 is 42.4. The van der Waals surface area contributed by atoms with Gasteiger partial charge < -0.3 is 9.88 Å². The van der Waals surface area contributed by atoms with Gasteiger partial charge in [-0.15, -0.1) is 0 Å². The first-order valence-corrected chi connectivity index (χ1v) is 10.4. The quantitative estimate of drug-likeness (QED) is 0.867. The van der Waals surface area contributed by atoms with Crippen molar-refractivity contribution < 1.29 is 17.6 Å². The van der Waals surface area contributed by atoms with Crippen LogP contribution >= 0.6 is 0 Å². The molecule has 0 aliphatic carbocycles. The molecule has 1 aliphatic rings. The summed E-state index contributed by atoms with van der Waals surface area (Å²) in [6.07, 6.45) is 1.66. The van der Waals surface area contributed by atoms with Crippen LogP contribution in [0.4, 0.5) is 10.1 Å². The molecule has 1 aromatic heterocycles. The number of nitrogens with one attached hydrogen (secondary N) is 1. The number of benzene rings is 1. The molecule has 1 aromatic carbocycles. The van der Waals surface area contributed by atoms with Gasteiger partial charge in [0.15, 0.2) is 0 Å². The van der Waals surface area contributed by atoms with E-state index in [9.17, 15) is 17.6 Å². The van der Waals surface area contributed by atoms with Crippen LogP contribution in [-0.2, 0) is 17.1 Å². The Morgan fingerprint density at radius 3 is 2.52 bits per heavy atom. The fraction of sp³-hybridized carbons (Fsp3) is 0.421. The molecule has 0 spiro atoms. The molecule has 0 unspecified atom stereocenters. The maximum Gasteiger partial charge on any atom is 0.272 e. The number of nitrogens with zero attached hydrogens (tertiary/aromatic N) is 2. The summed E-state index contributed by atoms with van der Waals surface area (Å²) in [7, 11) is -2.01. The molecule has 6 nitrogen and oxygen atoms in total. The molecule has 1 N–H and O–H groups in total. The van der Waals surface area contributed by atoms with Crippen molar-refractivity contribution in [3.8, 4) is 0 Å². The van der Waals surface area contributed by atoms with Crippen LogP contribution in [0.3, 0.4) is 0 Å². The summed E-state index contributed by atoms with van der Waals surface area (Å²) in [6.45, 7) is 4.77. The van der Waals surface area contributed by atoms with Crippen molar-refractivity contribution in [2.75, 3.05) is 18.4 Å². The maximum absolute atomic E-state index is 13.3. The van der Waals surface area contributed by atoms with E-state index in [4.69, 9.17) is 0 Å². The Kier molecular flexibility index (Phi) is 5.39. The number of halogens is 1. The van der Waals surface area contributed by atoms with Gasteiger partial charge in [-0.2, -0.15) is 4.31 Å². The van der Waals surface area contributed by atoms with Crippen molar-refractivity contribution in [1.29, 1.82) is 0 Å². The van der Waals surface area contributed by atoms with E-state index < -0.39 is 21.7 Å². The standard InChI is InChI=1S/C19H24FN3O3S/c1-13-7-9-23(10-8-13)27(25,26)18-12-17(22(3)14(18)2)19(24)21-16-6-4-5-15(20)11-16/h4-6,11-13H,7-10H2,1-3H3,(H,21,24). The summed E-state index contributed by atoms with van der Waals surface area (Å²) in [5, 5.41) is 2.61. The Labute approximate surface area is 159 Å². The van der Waals surface area contributed by atoms with Crippen LogP contribution in [-0.4, -0.2) is 36.3 Å². The first-order valence-electron chi connectivity index (χ1n) is 8.93. The highest BCUT2D eigenvalue weighted by Crippen LogP contribution is 2.27. The largest absolute Gasteiger partial charge is 0.343 e. The van der Waals surface area contributed by atoms with E-state index in [0.29, 0.717) is 30.4 Å². The smallest absolute Gasteiger partial charge is 0.272 e. The number of piperidine rings is 1. The van der Waals surface area contributed by atoms with Gasteiger partial charge in [0.05, 0.1) is 0 Å². The van der Waals surface area contributed by atoms with Crippen LogP contribution in [0, 0.1) is 18.7 Å². The minimum Gasteiger partial charge on any atom is -0.343 e. The van der Waals surface area contributed by atoms with Crippen LogP contribution in [0.5, 0.6) is 0 Å². The molecule has 8 heteroatoms. The van der Waals surface area contributed by atoms with Crippen LogP contribution < -0.4 is 5.32 Å². The molecule has 1 saturated heterocycles. The van der Waals surface area contributed by atoms with Crippen molar-refractivity contribution in [3.63, 3.8) is 0 Å². The fourth-order valence-electron chi connectivity index (χ4n) is 3.28. The lowest BCUT2D eigenvalue weighted by Crippen LogP contribution is -2.38. The Morgan fingerprint density at radius 2 is 1.89 bits per heavy atom. The number of hydrogen-bond donors (Lipinski definition) is 1. The Balaban J connectivity index is 1.88. The zero-order valence-corrected chi connectivity index (χ0v) is 16.5. The van der Waals surface area contributed by atoms with E-state index in [1.165, 1.54) is 28.6 Å². The van der Waals surface area contributed by atoms with E-state index in [1.54, 1.807) is 24.6 Å². The first kappa shape index (κ1) is 19.6. The molecule has 146 valence electrons. The highest BCUT2D eigenvalue weighted by molar-refractivity contribution is 7.89. The Hall–Kier alpha value is -2.19. The molecule has 1 amide bonds. The lowest BCUT2D eigenvalue weighted by atomic mass is 10.0. The van der Waals surface area contributed by atoms with Gasteiger partial charge in [0.2, 0.25) is 10.0 Å². The average Bonchev–Trinajstić information content (AvgIpc) is 2.91. The van der Waals surface area contributed by atoms with Crippen molar-refractivity contribution in [2.24, 2.45) is 13.0 Å². The molecule has 0 bridgehead atoms. The van der Waals surface area contributed by atoms with E-state index in [-0.39, 0.29) is 10.6 Å². The molecule has 0 atom stereocenters. The predicted octanol–water partition coefficient (Wildman–Crippen LogP) is 3.15. The molecule has 0 saturated carbocycles. The topological polar surface area (TPSA) is 71.4 Å². The number of carbonyl (C=O) groups excluding carboxylic acids is 1. The Morgan fingerprint density at radius 1 is 1.22 bits per heavy atom. The van der Waals surface area contributed by atoms with Gasteiger partial charge in [-0.1, -0.05) is 13.0 Å². The van der Waals surface area contributed by atoms with E-state index in [1.807, 2.05) is 0 Å². The van der Waals surface area contributed by atoms with Crippen molar-refractivity contribution in [3.05, 3.63) is 47.5 Å². The first-order chi connectivity index (χ1) is 12.7. The molecule has 27 heavy (non-hydrogen) atoms. The number of amides is 1. The number of sulfonamides is 1. The second-order valence-electron chi connectivity index (χ2n) is 7.09. The second kappa shape index (κ2) is 7.44. The van der Waals surface area contributed by atoms with Gasteiger partial charge in [0.1, 0.15) is 16.4 Å². The van der Waals surface area contributed by atoms with Crippen LogP contribution in [0.1, 0.15) is 35.9 Å². The van der Waals surface area contributed by atoms with Gasteiger partial charge >= 0.3 is 0 Å². The summed E-state index contributed by atoms with van der Waals surface area (Å²) in [4.78, 5) is 12.7. The van der Waals surface area contributed by atoms with Crippen molar-refractivity contribution >= 4 is 21.6 Å². The van der Waals surface area contributed by atoms with Gasteiger partial charge in [0, 0.05) is 31.5 Å². The third-order valence-corrected chi connectivity index (χ3v) is 7.18. The third kappa shape index (κ3) is 3.91. The average molecular weight is 393 g/mol. The molecule has 1 aliphatic heterocycles. The number of carbonyl (C=O) groups is 1. The highest BCUT2D eigenvalue weighted by Gasteiger charge is 2.32. The van der Waals surface area contributed by atoms with Gasteiger partial charge in [-0.25, -0.2) is 12.8 Å². The Bertz CT molecular complexity index is 961. The van der Waals surface area contributed by atoms with E-state index in [0.717, 1.165) is 12.8 Å². The van der Waals surface area contributed by atoms with E-state index >= 15 is 0 Å². The zero-order valence-electron chi connectivity index (χ0n) is 15.7. The van der Waals surface area contributed by atoms with Gasteiger partial charge in [-0.05, 0) is 49.9 Å². The monoisotopic (exact) mass is 393 g/mol. The summed E-state index contributed by atoms with van der Waals surface area (Å²) >= 11 is 0. The number of hydrogen-bond acceptors (Lipinski definition) is 3.